The van der Waals surface area contributed by atoms with Gasteiger partial charge in [0.25, 0.3) is 0 Å². The standard InChI is InChI=1S/C14H23NO3/c1-13(9-18-10-13)12(17)15-7-3-6-14(8-15)5-2-4-11(14)16/h11,16H,2-10H2,1H3/t11-,14-/m1/s1. The second kappa shape index (κ2) is 4.20. The van der Waals surface area contributed by atoms with Crippen LogP contribution in [0.5, 0.6) is 0 Å². The van der Waals surface area contributed by atoms with E-state index in [9.17, 15) is 9.90 Å². The summed E-state index contributed by atoms with van der Waals surface area (Å²) >= 11 is 0. The van der Waals surface area contributed by atoms with Crippen LogP contribution in [0.2, 0.25) is 0 Å². The molecule has 3 rings (SSSR count). The van der Waals surface area contributed by atoms with Crippen LogP contribution in [0.25, 0.3) is 0 Å². The molecule has 2 atom stereocenters. The van der Waals surface area contributed by atoms with E-state index in [0.29, 0.717) is 13.2 Å². The number of nitrogens with zero attached hydrogens (tertiary/aromatic N) is 1. The van der Waals surface area contributed by atoms with Crippen molar-refractivity contribution in [2.24, 2.45) is 10.8 Å². The van der Waals surface area contributed by atoms with Crippen molar-refractivity contribution in [3.05, 3.63) is 0 Å². The predicted molar refractivity (Wildman–Crippen MR) is 67.0 cm³/mol. The molecular formula is C14H23NO3. The summed E-state index contributed by atoms with van der Waals surface area (Å²) < 4.78 is 5.19. The highest BCUT2D eigenvalue weighted by molar-refractivity contribution is 5.83. The van der Waals surface area contributed by atoms with Crippen LogP contribution in [0.15, 0.2) is 0 Å². The van der Waals surface area contributed by atoms with Crippen molar-refractivity contribution < 1.29 is 14.6 Å². The van der Waals surface area contributed by atoms with Crippen LogP contribution in [0.3, 0.4) is 0 Å². The summed E-state index contributed by atoms with van der Waals surface area (Å²) in [6.07, 6.45) is 4.97. The number of hydrogen-bond acceptors (Lipinski definition) is 3. The predicted octanol–water partition coefficient (Wildman–Crippen LogP) is 1.18. The summed E-state index contributed by atoms with van der Waals surface area (Å²) in [6.45, 7) is 4.70. The van der Waals surface area contributed by atoms with E-state index >= 15 is 0 Å². The Morgan fingerprint density at radius 2 is 2.06 bits per heavy atom. The van der Waals surface area contributed by atoms with Crippen LogP contribution in [0, 0.1) is 10.8 Å². The molecule has 2 saturated heterocycles. The Balaban J connectivity index is 1.72. The van der Waals surface area contributed by atoms with Gasteiger partial charge in [0.05, 0.1) is 24.7 Å². The van der Waals surface area contributed by atoms with Crippen molar-refractivity contribution in [3.63, 3.8) is 0 Å². The first-order valence-corrected chi connectivity index (χ1v) is 7.11. The van der Waals surface area contributed by atoms with Crippen molar-refractivity contribution >= 4 is 5.91 Å². The van der Waals surface area contributed by atoms with E-state index in [2.05, 4.69) is 0 Å². The zero-order valence-electron chi connectivity index (χ0n) is 11.2. The Bertz CT molecular complexity index is 353. The Hall–Kier alpha value is -0.610. The van der Waals surface area contributed by atoms with Gasteiger partial charge in [-0.2, -0.15) is 0 Å². The zero-order valence-corrected chi connectivity index (χ0v) is 11.2. The van der Waals surface area contributed by atoms with Gasteiger partial charge in [-0.3, -0.25) is 4.79 Å². The van der Waals surface area contributed by atoms with Gasteiger partial charge < -0.3 is 14.7 Å². The molecule has 1 amide bonds. The molecule has 0 aromatic rings. The molecule has 2 aliphatic heterocycles. The normalized spacial score (nSPS) is 38.8. The highest BCUT2D eigenvalue weighted by Gasteiger charge is 2.49. The maximum absolute atomic E-state index is 12.5. The fraction of sp³-hybridized carbons (Fsp3) is 0.929. The number of piperidine rings is 1. The third-order valence-corrected chi connectivity index (χ3v) is 5.11. The van der Waals surface area contributed by atoms with Gasteiger partial charge in [0, 0.05) is 18.5 Å². The van der Waals surface area contributed by atoms with E-state index in [1.54, 1.807) is 0 Å². The minimum atomic E-state index is -0.303. The molecule has 1 spiro atoms. The average molecular weight is 253 g/mol. The highest BCUT2D eigenvalue weighted by Crippen LogP contribution is 2.46. The largest absolute Gasteiger partial charge is 0.392 e. The smallest absolute Gasteiger partial charge is 0.233 e. The lowest BCUT2D eigenvalue weighted by molar-refractivity contribution is -0.173. The Kier molecular flexibility index (Phi) is 2.90. The second-order valence-electron chi connectivity index (χ2n) is 6.65. The van der Waals surface area contributed by atoms with Gasteiger partial charge in [0.1, 0.15) is 0 Å². The van der Waals surface area contributed by atoms with Crippen molar-refractivity contribution in [1.29, 1.82) is 0 Å². The molecule has 1 N–H and O–H groups in total. The molecule has 4 heteroatoms. The molecule has 18 heavy (non-hydrogen) atoms. The van der Waals surface area contributed by atoms with Gasteiger partial charge in [-0.05, 0) is 32.6 Å². The van der Waals surface area contributed by atoms with Crippen LogP contribution in [0.4, 0.5) is 0 Å². The van der Waals surface area contributed by atoms with E-state index in [1.165, 1.54) is 0 Å². The van der Waals surface area contributed by atoms with E-state index < -0.39 is 0 Å². The Labute approximate surface area is 108 Å². The second-order valence-corrected chi connectivity index (χ2v) is 6.65. The van der Waals surface area contributed by atoms with Crippen LogP contribution in [-0.2, 0) is 9.53 Å². The molecule has 3 fully saturated rings. The first-order valence-electron chi connectivity index (χ1n) is 7.11. The third-order valence-electron chi connectivity index (χ3n) is 5.11. The molecule has 0 unspecified atom stereocenters. The first-order chi connectivity index (χ1) is 8.56. The van der Waals surface area contributed by atoms with Crippen molar-refractivity contribution in [3.8, 4) is 0 Å². The summed E-state index contributed by atoms with van der Waals surface area (Å²) in [4.78, 5) is 14.5. The maximum atomic E-state index is 12.5. The molecular weight excluding hydrogens is 230 g/mol. The number of aliphatic hydroxyl groups excluding tert-OH is 1. The van der Waals surface area contributed by atoms with Gasteiger partial charge >= 0.3 is 0 Å². The molecule has 0 aromatic heterocycles. The SMILES string of the molecule is CC1(C(=O)N2CCC[C@]3(CCC[C@H]3O)C2)COC1. The molecule has 102 valence electrons. The van der Waals surface area contributed by atoms with E-state index in [4.69, 9.17) is 4.74 Å². The summed E-state index contributed by atoms with van der Waals surface area (Å²) in [5, 5.41) is 10.2. The van der Waals surface area contributed by atoms with Crippen molar-refractivity contribution in [1.82, 2.24) is 4.90 Å². The van der Waals surface area contributed by atoms with E-state index in [0.717, 1.165) is 45.2 Å². The molecule has 3 aliphatic rings. The molecule has 1 aliphatic carbocycles. The average Bonchev–Trinajstić information content (AvgIpc) is 2.67. The number of hydrogen-bond donors (Lipinski definition) is 1. The van der Waals surface area contributed by atoms with E-state index in [-0.39, 0.29) is 22.8 Å². The number of carbonyl (C=O) groups is 1. The van der Waals surface area contributed by atoms with Gasteiger partial charge in [0.15, 0.2) is 0 Å². The number of amides is 1. The molecule has 4 nitrogen and oxygen atoms in total. The summed E-state index contributed by atoms with van der Waals surface area (Å²) in [6, 6.07) is 0. The highest BCUT2D eigenvalue weighted by atomic mass is 16.5. The number of ether oxygens (including phenoxy) is 1. The van der Waals surface area contributed by atoms with Crippen LogP contribution >= 0.6 is 0 Å². The first kappa shape index (κ1) is 12.4. The van der Waals surface area contributed by atoms with Gasteiger partial charge in [-0.15, -0.1) is 0 Å². The quantitative estimate of drug-likeness (QED) is 0.763. The maximum Gasteiger partial charge on any atom is 0.233 e. The summed E-state index contributed by atoms with van der Waals surface area (Å²) in [5.74, 6) is 0.229. The zero-order chi connectivity index (χ0) is 12.8. The monoisotopic (exact) mass is 253 g/mol. The molecule has 0 radical (unpaired) electrons. The third kappa shape index (κ3) is 1.77. The van der Waals surface area contributed by atoms with E-state index in [1.807, 2.05) is 11.8 Å². The lowest BCUT2D eigenvalue weighted by Gasteiger charge is -2.47. The molecule has 0 bridgehead atoms. The Morgan fingerprint density at radius 3 is 2.61 bits per heavy atom. The lowest BCUT2D eigenvalue weighted by Crippen LogP contribution is -2.58. The van der Waals surface area contributed by atoms with Gasteiger partial charge in [0.2, 0.25) is 5.91 Å². The van der Waals surface area contributed by atoms with Crippen LogP contribution in [-0.4, -0.2) is 48.3 Å². The number of rotatable bonds is 1. The summed E-state index contributed by atoms with van der Waals surface area (Å²) in [7, 11) is 0. The number of aliphatic hydroxyl groups is 1. The Morgan fingerprint density at radius 1 is 1.33 bits per heavy atom. The molecule has 1 saturated carbocycles. The van der Waals surface area contributed by atoms with Crippen molar-refractivity contribution in [2.75, 3.05) is 26.3 Å². The summed E-state index contributed by atoms with van der Waals surface area (Å²) in [5.41, 5.74) is -0.309. The molecule has 0 aromatic carbocycles. The minimum Gasteiger partial charge on any atom is -0.392 e. The number of likely N-dealkylation sites (tertiary alicyclic amines) is 1. The lowest BCUT2D eigenvalue weighted by atomic mass is 9.75. The fourth-order valence-electron chi connectivity index (χ4n) is 3.84. The van der Waals surface area contributed by atoms with Crippen molar-refractivity contribution in [2.45, 2.75) is 45.1 Å². The fourth-order valence-corrected chi connectivity index (χ4v) is 3.84. The topological polar surface area (TPSA) is 49.8 Å². The van der Waals surface area contributed by atoms with Gasteiger partial charge in [-0.1, -0.05) is 6.42 Å². The molecule has 2 heterocycles. The number of carbonyl (C=O) groups excluding carboxylic acids is 1. The van der Waals surface area contributed by atoms with Crippen LogP contribution in [0.1, 0.15) is 39.0 Å². The minimum absolute atomic E-state index is 0.00509. The van der Waals surface area contributed by atoms with Crippen LogP contribution < -0.4 is 0 Å². The van der Waals surface area contributed by atoms with Gasteiger partial charge in [-0.25, -0.2) is 0 Å².